The minimum atomic E-state index is -0.238. The molecule has 0 unspecified atom stereocenters. The lowest BCUT2D eigenvalue weighted by atomic mass is 10.2. The number of thiocarbonyl (C=S) groups is 1. The van der Waals surface area contributed by atoms with Gasteiger partial charge in [0.25, 0.3) is 0 Å². The van der Waals surface area contributed by atoms with Gasteiger partial charge in [0.05, 0.1) is 11.4 Å². The molecule has 0 fully saturated rings. The van der Waals surface area contributed by atoms with E-state index in [1.807, 2.05) is 13.8 Å². The predicted octanol–water partition coefficient (Wildman–Crippen LogP) is 0.937. The summed E-state index contributed by atoms with van der Waals surface area (Å²) < 4.78 is 0. The number of Topliss-reactive ketones (excluding diaryl/α,β-unsaturated/α-hetero) is 1. The number of nitrogens with zero attached hydrogens (tertiary/aromatic N) is 3. The second-order valence-electron chi connectivity index (χ2n) is 4.37. The number of amides is 1. The summed E-state index contributed by atoms with van der Waals surface area (Å²) in [5, 5.41) is 9.12. The molecule has 7 nitrogen and oxygen atoms in total. The van der Waals surface area contributed by atoms with Crippen LogP contribution in [0, 0.1) is 0 Å². The molecular formula is C11H17N5O2S. The maximum atomic E-state index is 11.2. The Morgan fingerprint density at radius 3 is 2.53 bits per heavy atom. The van der Waals surface area contributed by atoms with Crippen molar-refractivity contribution in [1.29, 1.82) is 0 Å². The number of aromatic amines is 1. The van der Waals surface area contributed by atoms with Crippen molar-refractivity contribution in [3.63, 3.8) is 0 Å². The fourth-order valence-electron chi connectivity index (χ4n) is 1.35. The zero-order chi connectivity index (χ0) is 14.6. The maximum absolute atomic E-state index is 11.2. The van der Waals surface area contributed by atoms with Gasteiger partial charge >= 0.3 is 0 Å². The summed E-state index contributed by atoms with van der Waals surface area (Å²) in [5.74, 6) is 0.278. The van der Waals surface area contributed by atoms with Gasteiger partial charge in [0, 0.05) is 13.0 Å². The van der Waals surface area contributed by atoms with Gasteiger partial charge in [-0.05, 0) is 20.8 Å². The molecule has 1 amide bonds. The first-order valence-corrected chi connectivity index (χ1v) is 6.22. The molecule has 1 aromatic heterocycles. The highest BCUT2D eigenvalue weighted by Gasteiger charge is 2.19. The number of ketones is 1. The van der Waals surface area contributed by atoms with E-state index < -0.39 is 0 Å². The van der Waals surface area contributed by atoms with Crippen LogP contribution in [0.5, 0.6) is 0 Å². The van der Waals surface area contributed by atoms with Crippen molar-refractivity contribution in [3.05, 3.63) is 0 Å². The van der Waals surface area contributed by atoms with Crippen LogP contribution in [0.2, 0.25) is 0 Å². The monoisotopic (exact) mass is 283 g/mol. The van der Waals surface area contributed by atoms with Crippen molar-refractivity contribution in [2.75, 3.05) is 16.8 Å². The van der Waals surface area contributed by atoms with Crippen molar-refractivity contribution < 1.29 is 9.59 Å². The smallest absolute Gasteiger partial charge is 0.246 e. The van der Waals surface area contributed by atoms with E-state index in [0.29, 0.717) is 10.8 Å². The molecule has 0 aromatic carbocycles. The van der Waals surface area contributed by atoms with Crippen molar-refractivity contribution in [2.24, 2.45) is 0 Å². The normalized spacial score (nSPS) is 10.4. The summed E-state index contributed by atoms with van der Waals surface area (Å²) >= 11 is 5.02. The molecular weight excluding hydrogens is 266 g/mol. The van der Waals surface area contributed by atoms with Crippen molar-refractivity contribution in [1.82, 2.24) is 15.2 Å². The van der Waals surface area contributed by atoms with E-state index >= 15 is 0 Å². The number of hydrogen-bond donors (Lipinski definition) is 2. The van der Waals surface area contributed by atoms with Crippen LogP contribution in [0.4, 0.5) is 11.9 Å². The third kappa shape index (κ3) is 4.40. The summed E-state index contributed by atoms with van der Waals surface area (Å²) in [6, 6.07) is 0.0679. The van der Waals surface area contributed by atoms with Gasteiger partial charge in [-0.15, -0.1) is 5.10 Å². The quantitative estimate of drug-likeness (QED) is 0.755. The van der Waals surface area contributed by atoms with E-state index in [0.717, 1.165) is 0 Å². The van der Waals surface area contributed by atoms with Crippen molar-refractivity contribution in [2.45, 2.75) is 33.7 Å². The molecule has 8 heteroatoms. The van der Waals surface area contributed by atoms with E-state index in [1.54, 1.807) is 4.90 Å². The average Bonchev–Trinajstić information content (AvgIpc) is 2.71. The Bertz CT molecular complexity index is 497. The van der Waals surface area contributed by atoms with Crippen LogP contribution in [-0.2, 0) is 9.59 Å². The summed E-state index contributed by atoms with van der Waals surface area (Å²) in [5.41, 5.74) is 0. The highest BCUT2D eigenvalue weighted by atomic mass is 32.1. The molecule has 0 aliphatic heterocycles. The third-order valence-electron chi connectivity index (χ3n) is 2.35. The van der Waals surface area contributed by atoms with Crippen LogP contribution in [0.3, 0.4) is 0 Å². The first kappa shape index (κ1) is 15.2. The molecule has 1 rings (SSSR count). The lowest BCUT2D eigenvalue weighted by molar-refractivity contribution is -0.114. The van der Waals surface area contributed by atoms with E-state index in [1.165, 1.54) is 13.8 Å². The fourth-order valence-corrected chi connectivity index (χ4v) is 1.49. The largest absolute Gasteiger partial charge is 0.332 e. The highest BCUT2D eigenvalue weighted by Crippen LogP contribution is 2.13. The van der Waals surface area contributed by atoms with Gasteiger partial charge in [0.1, 0.15) is 0 Å². The summed E-state index contributed by atoms with van der Waals surface area (Å²) in [6.07, 6.45) is 0. The number of hydrogen-bond acceptors (Lipinski definition) is 6. The number of rotatable bonds is 6. The Hall–Kier alpha value is -1.83. The van der Waals surface area contributed by atoms with E-state index in [-0.39, 0.29) is 30.2 Å². The molecule has 0 atom stereocenters. The van der Waals surface area contributed by atoms with Crippen LogP contribution < -0.4 is 10.2 Å². The number of carbonyl (C=O) groups excluding carboxylic acids is 2. The van der Waals surface area contributed by atoms with E-state index in [2.05, 4.69) is 20.5 Å². The van der Waals surface area contributed by atoms with E-state index in [9.17, 15) is 9.59 Å². The van der Waals surface area contributed by atoms with Crippen molar-refractivity contribution in [3.8, 4) is 0 Å². The number of anilines is 2. The second kappa shape index (κ2) is 6.37. The molecule has 1 aromatic rings. The highest BCUT2D eigenvalue weighted by molar-refractivity contribution is 7.82. The Kier molecular flexibility index (Phi) is 5.11. The van der Waals surface area contributed by atoms with Gasteiger partial charge in [-0.1, -0.05) is 12.2 Å². The van der Waals surface area contributed by atoms with Gasteiger partial charge in [0.2, 0.25) is 17.8 Å². The van der Waals surface area contributed by atoms with Crippen LogP contribution >= 0.6 is 12.2 Å². The molecule has 104 valence electrons. The lowest BCUT2D eigenvalue weighted by Gasteiger charge is -2.24. The summed E-state index contributed by atoms with van der Waals surface area (Å²) in [6.45, 7) is 6.98. The lowest BCUT2D eigenvalue weighted by Crippen LogP contribution is -2.37. The van der Waals surface area contributed by atoms with Gasteiger partial charge in [0.15, 0.2) is 5.78 Å². The molecule has 0 aliphatic carbocycles. The topological polar surface area (TPSA) is 91.0 Å². The Balaban J connectivity index is 2.87. The molecule has 0 radical (unpaired) electrons. The molecule has 0 saturated carbocycles. The molecule has 0 spiro atoms. The molecule has 19 heavy (non-hydrogen) atoms. The predicted molar refractivity (Wildman–Crippen MR) is 76.4 cm³/mol. The van der Waals surface area contributed by atoms with Crippen molar-refractivity contribution >= 4 is 40.7 Å². The summed E-state index contributed by atoms with van der Waals surface area (Å²) in [7, 11) is 0. The first-order valence-electron chi connectivity index (χ1n) is 5.81. The average molecular weight is 283 g/mol. The van der Waals surface area contributed by atoms with Crippen LogP contribution in [0.15, 0.2) is 0 Å². The SMILES string of the molecule is CC(=O)Nc1nc(N(CC(=S)C(C)=O)C(C)C)n[nH]1. The Labute approximate surface area is 116 Å². The zero-order valence-corrected chi connectivity index (χ0v) is 12.2. The summed E-state index contributed by atoms with van der Waals surface area (Å²) in [4.78, 5) is 28.4. The van der Waals surface area contributed by atoms with E-state index in [4.69, 9.17) is 12.2 Å². The number of H-pyrrole nitrogens is 1. The first-order chi connectivity index (χ1) is 8.81. The number of nitrogens with one attached hydrogen (secondary N) is 2. The standard InChI is InChI=1S/C11H17N5O2S/c1-6(2)16(5-9(19)7(3)17)11-13-10(14-15-11)12-8(4)18/h6H,5H2,1-4H3,(H2,12,13,14,15,18). The van der Waals surface area contributed by atoms with Gasteiger partial charge in [-0.2, -0.15) is 4.98 Å². The van der Waals surface area contributed by atoms with Crippen LogP contribution in [0.25, 0.3) is 0 Å². The minimum absolute atomic E-state index is 0.0679. The van der Waals surface area contributed by atoms with Crippen LogP contribution in [0.1, 0.15) is 27.7 Å². The second-order valence-corrected chi connectivity index (χ2v) is 4.86. The zero-order valence-electron chi connectivity index (χ0n) is 11.4. The molecule has 0 aliphatic rings. The Morgan fingerprint density at radius 2 is 2.05 bits per heavy atom. The third-order valence-corrected chi connectivity index (χ3v) is 2.77. The minimum Gasteiger partial charge on any atom is -0.332 e. The van der Waals surface area contributed by atoms with Gasteiger partial charge in [-0.3, -0.25) is 14.9 Å². The fraction of sp³-hybridized carbons (Fsp3) is 0.545. The van der Waals surface area contributed by atoms with Gasteiger partial charge in [-0.25, -0.2) is 5.10 Å². The molecule has 1 heterocycles. The number of carbonyl (C=O) groups is 2. The molecule has 0 saturated heterocycles. The van der Waals surface area contributed by atoms with Gasteiger partial charge < -0.3 is 4.90 Å². The number of aromatic nitrogens is 3. The maximum Gasteiger partial charge on any atom is 0.246 e. The molecule has 2 N–H and O–H groups in total. The van der Waals surface area contributed by atoms with Crippen LogP contribution in [-0.4, -0.2) is 44.3 Å². The Morgan fingerprint density at radius 1 is 1.42 bits per heavy atom. The molecule has 0 bridgehead atoms.